The molecule has 1 aromatic heterocycles. The van der Waals surface area contributed by atoms with Gasteiger partial charge in [0.15, 0.2) is 11.4 Å². The third kappa shape index (κ3) is 3.56. The molecule has 3 aromatic rings. The topological polar surface area (TPSA) is 97.8 Å². The van der Waals surface area contributed by atoms with Gasteiger partial charge in [0, 0.05) is 23.4 Å². The average molecular weight is 352 g/mol. The van der Waals surface area contributed by atoms with Crippen LogP contribution in [0.25, 0.3) is 10.8 Å². The van der Waals surface area contributed by atoms with Crippen LogP contribution in [-0.4, -0.2) is 22.0 Å². The number of fused-ring (bicyclic) bond motifs is 1. The van der Waals surface area contributed by atoms with Gasteiger partial charge in [-0.1, -0.05) is 18.2 Å². The molecule has 1 heterocycles. The van der Waals surface area contributed by atoms with Gasteiger partial charge in [-0.05, 0) is 37.3 Å². The summed E-state index contributed by atoms with van der Waals surface area (Å²) in [7, 11) is 0. The molecule has 0 fully saturated rings. The van der Waals surface area contributed by atoms with E-state index in [0.29, 0.717) is 28.0 Å². The summed E-state index contributed by atoms with van der Waals surface area (Å²) in [4.78, 5) is 31.4. The van der Waals surface area contributed by atoms with Gasteiger partial charge < -0.3 is 14.7 Å². The largest absolute Gasteiger partial charge is 0.505 e. The smallest absolute Gasteiger partial charge is 0.329 e. The Balaban J connectivity index is 1.96. The zero-order chi connectivity index (χ0) is 18.7. The number of nitrogens with one attached hydrogen (secondary N) is 1. The second kappa shape index (κ2) is 7.10. The Morgan fingerprint density at radius 1 is 1.04 bits per heavy atom. The van der Waals surface area contributed by atoms with Crippen molar-refractivity contribution in [2.75, 3.05) is 0 Å². The lowest BCUT2D eigenvalue weighted by molar-refractivity contribution is -0.146. The lowest BCUT2D eigenvalue weighted by Gasteiger charge is -2.12. The molecular weight excluding hydrogens is 336 g/mol. The Labute approximate surface area is 149 Å². The second-order valence-corrected chi connectivity index (χ2v) is 5.54. The zero-order valence-electron chi connectivity index (χ0n) is 14.1. The Morgan fingerprint density at radius 2 is 1.77 bits per heavy atom. The normalized spacial score (nSPS) is 10.4. The summed E-state index contributed by atoms with van der Waals surface area (Å²) in [5.74, 6) is -0.545. The number of ether oxygens (including phenoxy) is 1. The van der Waals surface area contributed by atoms with E-state index in [0.717, 1.165) is 6.92 Å². The Kier molecular flexibility index (Phi) is 4.70. The minimum atomic E-state index is -0.813. The van der Waals surface area contributed by atoms with Crippen LogP contribution in [0.2, 0.25) is 0 Å². The molecule has 0 bridgehead atoms. The molecule has 132 valence electrons. The van der Waals surface area contributed by atoms with Crippen molar-refractivity contribution < 1.29 is 24.3 Å². The first kappa shape index (κ1) is 17.2. The summed E-state index contributed by atoms with van der Waals surface area (Å²) < 4.78 is 5.78. The highest BCUT2D eigenvalue weighted by Gasteiger charge is 2.19. The number of hydrogen-bond acceptors (Lipinski definition) is 6. The van der Waals surface area contributed by atoms with Crippen LogP contribution in [0, 0.1) is 6.92 Å². The van der Waals surface area contributed by atoms with Crippen LogP contribution < -0.4 is 10.2 Å². The minimum absolute atomic E-state index is 0.229. The molecule has 2 aromatic carbocycles. The lowest BCUT2D eigenvalue weighted by Crippen LogP contribution is -2.27. The fraction of sp³-hybridized carbons (Fsp3) is 0.105. The van der Waals surface area contributed by atoms with E-state index in [2.05, 4.69) is 9.82 Å². The van der Waals surface area contributed by atoms with Crippen molar-refractivity contribution in [2.45, 2.75) is 13.8 Å². The highest BCUT2D eigenvalue weighted by molar-refractivity contribution is 6.02. The first-order valence-electron chi connectivity index (χ1n) is 7.79. The molecular formula is C19H16N2O5. The number of aromatic hydroxyl groups is 1. The highest BCUT2D eigenvalue weighted by atomic mass is 16.7. The van der Waals surface area contributed by atoms with E-state index in [4.69, 9.17) is 4.74 Å². The van der Waals surface area contributed by atoms with Crippen molar-refractivity contribution in [2.24, 2.45) is 0 Å². The van der Waals surface area contributed by atoms with E-state index >= 15 is 0 Å². The van der Waals surface area contributed by atoms with Crippen LogP contribution in [-0.2, 0) is 9.63 Å². The molecule has 0 aliphatic heterocycles. The first-order valence-corrected chi connectivity index (χ1v) is 7.79. The number of benzene rings is 2. The molecule has 0 saturated heterocycles. The molecule has 0 spiro atoms. The predicted octanol–water partition coefficient (Wildman–Crippen LogP) is 3.25. The molecule has 7 nitrogen and oxygen atoms in total. The van der Waals surface area contributed by atoms with Gasteiger partial charge in [-0.25, -0.2) is 4.98 Å². The van der Waals surface area contributed by atoms with E-state index in [-0.39, 0.29) is 11.4 Å². The molecule has 0 radical (unpaired) electrons. The van der Waals surface area contributed by atoms with Crippen molar-refractivity contribution in [1.82, 2.24) is 10.5 Å². The maximum absolute atomic E-state index is 12.0. The molecule has 1 amide bonds. The quantitative estimate of drug-likeness (QED) is 0.702. The number of carbonyl (C=O) groups is 2. The van der Waals surface area contributed by atoms with E-state index in [1.165, 1.54) is 0 Å². The number of hydroxylamine groups is 1. The van der Waals surface area contributed by atoms with Crippen molar-refractivity contribution >= 4 is 22.6 Å². The molecule has 2 N–H and O–H groups in total. The maximum Gasteiger partial charge on any atom is 0.329 e. The van der Waals surface area contributed by atoms with Crippen LogP contribution in [0.15, 0.2) is 48.5 Å². The number of rotatable bonds is 3. The first-order chi connectivity index (χ1) is 12.5. The SMILES string of the molecule is CC(=O)ONC(=O)c1nc(C)c2cc(Oc3ccccc3)ccc2c1O. The number of nitrogens with zero attached hydrogens (tertiary/aromatic N) is 1. The van der Waals surface area contributed by atoms with E-state index in [9.17, 15) is 14.7 Å². The summed E-state index contributed by atoms with van der Waals surface area (Å²) >= 11 is 0. The van der Waals surface area contributed by atoms with Crippen molar-refractivity contribution in [3.63, 3.8) is 0 Å². The van der Waals surface area contributed by atoms with Gasteiger partial charge in [0.1, 0.15) is 11.5 Å². The van der Waals surface area contributed by atoms with Gasteiger partial charge in [0.05, 0.1) is 0 Å². The van der Waals surface area contributed by atoms with E-state index in [1.54, 1.807) is 25.1 Å². The molecule has 0 saturated carbocycles. The van der Waals surface area contributed by atoms with E-state index in [1.807, 2.05) is 35.8 Å². The zero-order valence-corrected chi connectivity index (χ0v) is 14.1. The van der Waals surface area contributed by atoms with Crippen LogP contribution >= 0.6 is 0 Å². The molecule has 0 unspecified atom stereocenters. The molecule has 3 rings (SSSR count). The number of para-hydroxylation sites is 1. The third-order valence-corrected chi connectivity index (χ3v) is 3.62. The number of amides is 1. The van der Waals surface area contributed by atoms with Crippen LogP contribution in [0.4, 0.5) is 0 Å². The second-order valence-electron chi connectivity index (χ2n) is 5.54. The monoisotopic (exact) mass is 352 g/mol. The fourth-order valence-corrected chi connectivity index (χ4v) is 2.45. The summed E-state index contributed by atoms with van der Waals surface area (Å²) in [6.45, 7) is 2.85. The number of carbonyl (C=O) groups excluding carboxylic acids is 2. The van der Waals surface area contributed by atoms with Gasteiger partial charge in [-0.15, -0.1) is 0 Å². The van der Waals surface area contributed by atoms with Crippen molar-refractivity contribution in [1.29, 1.82) is 0 Å². The highest BCUT2D eigenvalue weighted by Crippen LogP contribution is 2.33. The van der Waals surface area contributed by atoms with Crippen molar-refractivity contribution in [3.05, 3.63) is 59.9 Å². The summed E-state index contributed by atoms with van der Waals surface area (Å²) in [5, 5.41) is 11.5. The van der Waals surface area contributed by atoms with Gasteiger partial charge in [0.2, 0.25) is 0 Å². The fourth-order valence-electron chi connectivity index (χ4n) is 2.45. The molecule has 0 atom stereocenters. The van der Waals surface area contributed by atoms with Crippen LogP contribution in [0.3, 0.4) is 0 Å². The molecule has 0 aliphatic rings. The minimum Gasteiger partial charge on any atom is -0.505 e. The third-order valence-electron chi connectivity index (χ3n) is 3.62. The molecule has 26 heavy (non-hydrogen) atoms. The van der Waals surface area contributed by atoms with Gasteiger partial charge in [-0.3, -0.25) is 9.59 Å². The predicted molar refractivity (Wildman–Crippen MR) is 93.9 cm³/mol. The summed E-state index contributed by atoms with van der Waals surface area (Å²) in [6, 6.07) is 14.3. The molecule has 7 heteroatoms. The van der Waals surface area contributed by atoms with Crippen molar-refractivity contribution in [3.8, 4) is 17.2 Å². The summed E-state index contributed by atoms with van der Waals surface area (Å²) in [5.41, 5.74) is 2.23. The number of aryl methyl sites for hydroxylation is 1. The van der Waals surface area contributed by atoms with Gasteiger partial charge >= 0.3 is 11.9 Å². The summed E-state index contributed by atoms with van der Waals surface area (Å²) in [6.07, 6.45) is 0. The van der Waals surface area contributed by atoms with Crippen LogP contribution in [0.5, 0.6) is 17.2 Å². The van der Waals surface area contributed by atoms with Gasteiger partial charge in [0.25, 0.3) is 0 Å². The standard InChI is InChI=1S/C19H16N2O5/c1-11-16-10-14(25-13-6-4-3-5-7-13)8-9-15(16)18(23)17(20-11)19(24)21-26-12(2)22/h3-10,23H,1-2H3,(H,21,24). The Bertz CT molecular complexity index is 986. The number of hydrogen-bond donors (Lipinski definition) is 2. The Hall–Kier alpha value is -3.61. The van der Waals surface area contributed by atoms with Gasteiger partial charge in [-0.2, -0.15) is 5.48 Å². The Morgan fingerprint density at radius 3 is 2.46 bits per heavy atom. The van der Waals surface area contributed by atoms with Crippen LogP contribution in [0.1, 0.15) is 23.1 Å². The lowest BCUT2D eigenvalue weighted by atomic mass is 10.1. The number of aromatic nitrogens is 1. The molecule has 0 aliphatic carbocycles. The maximum atomic E-state index is 12.0. The average Bonchev–Trinajstić information content (AvgIpc) is 2.63. The van der Waals surface area contributed by atoms with E-state index < -0.39 is 11.9 Å². The number of pyridine rings is 1.